The standard InChI is InChI=1S/C21H21ClO6/c1-21(20(25)26,11-13-7-3-2-4-8-13)15-12-27-19(28-17(15)18(23)24)14-9-5-6-10-16(14)22/h2-10,15,17,19H,11-12H2,1H3,(H,23,24)(H,25,26). The maximum atomic E-state index is 12.2. The first-order valence-corrected chi connectivity index (χ1v) is 9.22. The van der Waals surface area contributed by atoms with E-state index in [1.54, 1.807) is 24.3 Å². The lowest BCUT2D eigenvalue weighted by Gasteiger charge is -2.42. The van der Waals surface area contributed by atoms with Crippen LogP contribution in [0.1, 0.15) is 24.3 Å². The van der Waals surface area contributed by atoms with Crippen LogP contribution >= 0.6 is 11.6 Å². The summed E-state index contributed by atoms with van der Waals surface area (Å²) in [6.07, 6.45) is -2.16. The molecule has 0 spiro atoms. The lowest BCUT2D eigenvalue weighted by atomic mass is 9.70. The second-order valence-electron chi connectivity index (χ2n) is 7.07. The van der Waals surface area contributed by atoms with Gasteiger partial charge in [-0.2, -0.15) is 0 Å². The van der Waals surface area contributed by atoms with Crippen molar-refractivity contribution < 1.29 is 29.3 Å². The van der Waals surface area contributed by atoms with Gasteiger partial charge in [-0.1, -0.05) is 60.1 Å². The summed E-state index contributed by atoms with van der Waals surface area (Å²) in [5.41, 5.74) is -0.0886. The largest absolute Gasteiger partial charge is 0.481 e. The number of hydrogen-bond donors (Lipinski definition) is 2. The first-order valence-electron chi connectivity index (χ1n) is 8.84. The molecule has 0 saturated carbocycles. The summed E-state index contributed by atoms with van der Waals surface area (Å²) in [6.45, 7) is 1.45. The normalized spacial score (nSPS) is 24.3. The minimum atomic E-state index is -1.39. The van der Waals surface area contributed by atoms with Gasteiger partial charge in [0.2, 0.25) is 0 Å². The highest BCUT2D eigenvalue weighted by Crippen LogP contribution is 2.42. The van der Waals surface area contributed by atoms with Gasteiger partial charge < -0.3 is 19.7 Å². The second-order valence-corrected chi connectivity index (χ2v) is 7.48. The van der Waals surface area contributed by atoms with Crippen molar-refractivity contribution in [1.82, 2.24) is 0 Å². The Morgan fingerprint density at radius 1 is 1.11 bits per heavy atom. The fraction of sp³-hybridized carbons (Fsp3) is 0.333. The van der Waals surface area contributed by atoms with Crippen LogP contribution in [0.4, 0.5) is 0 Å². The van der Waals surface area contributed by atoms with Gasteiger partial charge in [0.05, 0.1) is 12.0 Å². The van der Waals surface area contributed by atoms with Crippen molar-refractivity contribution in [1.29, 1.82) is 0 Å². The summed E-state index contributed by atoms with van der Waals surface area (Å²) in [6, 6.07) is 15.9. The molecule has 2 aromatic rings. The molecule has 4 unspecified atom stereocenters. The molecule has 2 aromatic carbocycles. The summed E-state index contributed by atoms with van der Waals surface area (Å²) >= 11 is 6.17. The third-order valence-corrected chi connectivity index (χ3v) is 5.53. The quantitative estimate of drug-likeness (QED) is 0.760. The van der Waals surface area contributed by atoms with Crippen LogP contribution in [0.3, 0.4) is 0 Å². The summed E-state index contributed by atoms with van der Waals surface area (Å²) < 4.78 is 11.4. The average molecular weight is 405 g/mol. The molecule has 1 aliphatic rings. The lowest BCUT2D eigenvalue weighted by molar-refractivity contribution is -0.259. The predicted octanol–water partition coefficient (Wildman–Crippen LogP) is 3.79. The number of ether oxygens (including phenoxy) is 2. The van der Waals surface area contributed by atoms with Gasteiger partial charge in [0, 0.05) is 16.5 Å². The van der Waals surface area contributed by atoms with E-state index in [-0.39, 0.29) is 13.0 Å². The van der Waals surface area contributed by atoms with Gasteiger partial charge in [0.25, 0.3) is 0 Å². The van der Waals surface area contributed by atoms with Crippen LogP contribution in [0.25, 0.3) is 0 Å². The van der Waals surface area contributed by atoms with E-state index < -0.39 is 35.7 Å². The van der Waals surface area contributed by atoms with Gasteiger partial charge >= 0.3 is 11.9 Å². The molecule has 28 heavy (non-hydrogen) atoms. The minimum absolute atomic E-state index is 0.0809. The Kier molecular flexibility index (Phi) is 6.03. The molecule has 4 atom stereocenters. The Morgan fingerprint density at radius 2 is 1.75 bits per heavy atom. The highest BCUT2D eigenvalue weighted by Gasteiger charge is 2.51. The minimum Gasteiger partial charge on any atom is -0.481 e. The van der Waals surface area contributed by atoms with E-state index in [0.717, 1.165) is 5.56 Å². The van der Waals surface area contributed by atoms with Gasteiger partial charge in [0.15, 0.2) is 12.4 Å². The number of rotatable bonds is 6. The first kappa shape index (κ1) is 20.3. The SMILES string of the molecule is CC(Cc1ccccc1)(C(=O)O)C1COC(c2ccccc2Cl)OC1C(=O)O. The van der Waals surface area contributed by atoms with E-state index >= 15 is 0 Å². The van der Waals surface area contributed by atoms with Gasteiger partial charge in [-0.25, -0.2) is 4.79 Å². The molecule has 6 nitrogen and oxygen atoms in total. The van der Waals surface area contributed by atoms with Crippen molar-refractivity contribution >= 4 is 23.5 Å². The molecule has 7 heteroatoms. The van der Waals surface area contributed by atoms with Crippen LogP contribution in [-0.2, 0) is 25.5 Å². The number of halogens is 1. The van der Waals surface area contributed by atoms with Crippen LogP contribution in [0.15, 0.2) is 54.6 Å². The summed E-state index contributed by atoms with van der Waals surface area (Å²) in [5.74, 6) is -3.22. The summed E-state index contributed by atoms with van der Waals surface area (Å²) in [5, 5.41) is 20.1. The van der Waals surface area contributed by atoms with Gasteiger partial charge in [-0.15, -0.1) is 0 Å². The molecule has 148 valence electrons. The molecule has 1 saturated heterocycles. The van der Waals surface area contributed by atoms with E-state index in [1.165, 1.54) is 6.92 Å². The Labute approximate surface area is 167 Å². The van der Waals surface area contributed by atoms with E-state index in [4.69, 9.17) is 21.1 Å². The predicted molar refractivity (Wildman–Crippen MR) is 102 cm³/mol. The third-order valence-electron chi connectivity index (χ3n) is 5.19. The van der Waals surface area contributed by atoms with Gasteiger partial charge in [-0.05, 0) is 25.0 Å². The summed E-state index contributed by atoms with van der Waals surface area (Å²) in [7, 11) is 0. The second kappa shape index (κ2) is 8.31. The zero-order valence-corrected chi connectivity index (χ0v) is 16.0. The smallest absolute Gasteiger partial charge is 0.333 e. The number of carboxylic acids is 2. The number of carboxylic acid groups (broad SMARTS) is 2. The molecule has 3 rings (SSSR count). The summed E-state index contributed by atoms with van der Waals surface area (Å²) in [4.78, 5) is 24.1. The fourth-order valence-electron chi connectivity index (χ4n) is 3.51. The van der Waals surface area contributed by atoms with Crippen LogP contribution < -0.4 is 0 Å². The Hall–Kier alpha value is -2.41. The molecule has 0 bridgehead atoms. The molecule has 1 aliphatic heterocycles. The van der Waals surface area contributed by atoms with Gasteiger partial charge in [-0.3, -0.25) is 4.79 Å². The molecule has 1 fully saturated rings. The van der Waals surface area contributed by atoms with Crippen molar-refractivity contribution in [3.63, 3.8) is 0 Å². The first-order chi connectivity index (χ1) is 13.3. The Bertz CT molecular complexity index is 855. The van der Waals surface area contributed by atoms with E-state index in [2.05, 4.69) is 0 Å². The van der Waals surface area contributed by atoms with Crippen molar-refractivity contribution in [3.8, 4) is 0 Å². The van der Waals surface area contributed by atoms with E-state index in [1.807, 2.05) is 30.3 Å². The van der Waals surface area contributed by atoms with Crippen LogP contribution in [0.2, 0.25) is 5.02 Å². The highest BCUT2D eigenvalue weighted by molar-refractivity contribution is 6.31. The Morgan fingerprint density at radius 3 is 2.36 bits per heavy atom. The average Bonchev–Trinajstić information content (AvgIpc) is 2.68. The fourth-order valence-corrected chi connectivity index (χ4v) is 3.73. The molecule has 2 N–H and O–H groups in total. The molecular weight excluding hydrogens is 384 g/mol. The maximum absolute atomic E-state index is 12.2. The molecule has 1 heterocycles. The maximum Gasteiger partial charge on any atom is 0.333 e. The van der Waals surface area contributed by atoms with Crippen LogP contribution in [0.5, 0.6) is 0 Å². The van der Waals surface area contributed by atoms with Crippen molar-refractivity contribution in [2.75, 3.05) is 6.61 Å². The molecule has 0 aliphatic carbocycles. The zero-order chi connectivity index (χ0) is 20.3. The monoisotopic (exact) mass is 404 g/mol. The van der Waals surface area contributed by atoms with E-state index in [9.17, 15) is 19.8 Å². The lowest BCUT2D eigenvalue weighted by Crippen LogP contribution is -2.52. The van der Waals surface area contributed by atoms with Crippen molar-refractivity contribution in [3.05, 3.63) is 70.7 Å². The van der Waals surface area contributed by atoms with Crippen molar-refractivity contribution in [2.24, 2.45) is 11.3 Å². The van der Waals surface area contributed by atoms with Crippen LogP contribution in [0, 0.1) is 11.3 Å². The zero-order valence-electron chi connectivity index (χ0n) is 15.2. The number of hydrogen-bond acceptors (Lipinski definition) is 4. The number of aliphatic carboxylic acids is 2. The number of benzene rings is 2. The third kappa shape index (κ3) is 4.04. The molecule has 0 aromatic heterocycles. The topological polar surface area (TPSA) is 93.1 Å². The molecule has 0 radical (unpaired) electrons. The molecule has 0 amide bonds. The Balaban J connectivity index is 1.90. The highest BCUT2D eigenvalue weighted by atomic mass is 35.5. The van der Waals surface area contributed by atoms with Crippen LogP contribution in [-0.4, -0.2) is 34.9 Å². The van der Waals surface area contributed by atoms with Gasteiger partial charge in [0.1, 0.15) is 0 Å². The van der Waals surface area contributed by atoms with E-state index in [0.29, 0.717) is 10.6 Å². The number of carbonyl (C=O) groups is 2. The molecular formula is C21H21ClO6. The van der Waals surface area contributed by atoms with Crippen molar-refractivity contribution in [2.45, 2.75) is 25.7 Å².